The van der Waals surface area contributed by atoms with E-state index in [1.54, 1.807) is 32.0 Å². The lowest BCUT2D eigenvalue weighted by atomic mass is 9.87. The summed E-state index contributed by atoms with van der Waals surface area (Å²) in [6.07, 6.45) is 0.386. The largest absolute Gasteiger partial charge is 0.390 e. The van der Waals surface area contributed by atoms with Crippen LogP contribution in [-0.4, -0.2) is 36.1 Å². The third-order valence-corrected chi connectivity index (χ3v) is 5.81. The van der Waals surface area contributed by atoms with E-state index in [0.29, 0.717) is 29.0 Å². The minimum Gasteiger partial charge on any atom is -0.390 e. The molecule has 1 atom stereocenters. The molecule has 0 saturated heterocycles. The number of carbonyl (C=O) groups excluding carboxylic acids is 1. The molecule has 0 aliphatic rings. The Labute approximate surface area is 179 Å². The highest BCUT2D eigenvalue weighted by Gasteiger charge is 2.32. The number of nitrogens with one attached hydrogen (secondary N) is 1. The summed E-state index contributed by atoms with van der Waals surface area (Å²) in [6.45, 7) is 11.6. The SMILES string of the molecule is Cc1nnc([C@@H](NC(=O)n2c(=O)n(CCC(C)(C)O)c3ccccc32)C(C)(C)C)s1. The third kappa shape index (κ3) is 4.62. The van der Waals surface area contributed by atoms with Crippen molar-refractivity contribution in [1.82, 2.24) is 24.6 Å². The monoisotopic (exact) mass is 431 g/mol. The fourth-order valence-electron chi connectivity index (χ4n) is 3.27. The Morgan fingerprint density at radius 1 is 1.17 bits per heavy atom. The molecule has 2 heterocycles. The molecule has 0 unspecified atom stereocenters. The van der Waals surface area contributed by atoms with Gasteiger partial charge in [-0.3, -0.25) is 4.57 Å². The van der Waals surface area contributed by atoms with Crippen molar-refractivity contribution in [3.05, 3.63) is 44.8 Å². The first-order valence-electron chi connectivity index (χ1n) is 9.92. The van der Waals surface area contributed by atoms with Crippen LogP contribution in [0.1, 0.15) is 57.1 Å². The van der Waals surface area contributed by atoms with Gasteiger partial charge in [0.1, 0.15) is 10.0 Å². The predicted octanol–water partition coefficient (Wildman–Crippen LogP) is 3.47. The van der Waals surface area contributed by atoms with Crippen molar-refractivity contribution in [3.63, 3.8) is 0 Å². The highest BCUT2D eigenvalue weighted by atomic mass is 32.1. The summed E-state index contributed by atoms with van der Waals surface area (Å²) in [7, 11) is 0. The van der Waals surface area contributed by atoms with Crippen LogP contribution in [-0.2, 0) is 6.54 Å². The van der Waals surface area contributed by atoms with Crippen LogP contribution in [0.3, 0.4) is 0 Å². The smallest absolute Gasteiger partial charge is 0.337 e. The summed E-state index contributed by atoms with van der Waals surface area (Å²) in [5.41, 5.74) is -0.500. The highest BCUT2D eigenvalue weighted by Crippen LogP contribution is 2.34. The molecular weight excluding hydrogens is 402 g/mol. The maximum atomic E-state index is 13.3. The van der Waals surface area contributed by atoms with Crippen molar-refractivity contribution in [2.75, 3.05) is 0 Å². The number of rotatable bonds is 5. The van der Waals surface area contributed by atoms with E-state index in [2.05, 4.69) is 15.5 Å². The van der Waals surface area contributed by atoms with Gasteiger partial charge in [-0.2, -0.15) is 0 Å². The molecule has 0 aliphatic heterocycles. The Morgan fingerprint density at radius 3 is 2.33 bits per heavy atom. The van der Waals surface area contributed by atoms with Crippen molar-refractivity contribution in [1.29, 1.82) is 0 Å². The van der Waals surface area contributed by atoms with E-state index in [-0.39, 0.29) is 5.41 Å². The van der Waals surface area contributed by atoms with Gasteiger partial charge in [0.2, 0.25) is 0 Å². The van der Waals surface area contributed by atoms with Crippen molar-refractivity contribution in [3.8, 4) is 0 Å². The first-order valence-corrected chi connectivity index (χ1v) is 10.7. The minimum atomic E-state index is -0.919. The van der Waals surface area contributed by atoms with Crippen molar-refractivity contribution in [2.24, 2.45) is 5.41 Å². The standard InChI is InChI=1S/C21H29N5O3S/c1-13-23-24-17(30-13)16(20(2,3)4)22-18(27)26-15-10-8-7-9-14(15)25(19(26)28)12-11-21(5,6)29/h7-10,16,29H,11-12H2,1-6H3,(H,22,27)/t16-/m1/s1. The predicted molar refractivity (Wildman–Crippen MR) is 118 cm³/mol. The van der Waals surface area contributed by atoms with Crippen molar-refractivity contribution in [2.45, 2.75) is 66.2 Å². The lowest BCUT2D eigenvalue weighted by Gasteiger charge is -2.29. The van der Waals surface area contributed by atoms with E-state index in [1.807, 2.05) is 33.8 Å². The number of fused-ring (bicyclic) bond motifs is 1. The van der Waals surface area contributed by atoms with Gasteiger partial charge in [-0.05, 0) is 44.7 Å². The van der Waals surface area contributed by atoms with Crippen molar-refractivity contribution >= 4 is 28.4 Å². The number of aliphatic hydroxyl groups is 1. The van der Waals surface area contributed by atoms with Gasteiger partial charge in [0.15, 0.2) is 0 Å². The van der Waals surface area contributed by atoms with E-state index < -0.39 is 23.4 Å². The van der Waals surface area contributed by atoms with Crippen LogP contribution < -0.4 is 11.0 Å². The van der Waals surface area contributed by atoms with E-state index in [0.717, 1.165) is 9.57 Å². The topological polar surface area (TPSA) is 102 Å². The number of aromatic nitrogens is 4. The van der Waals surface area contributed by atoms with Crippen LogP contribution >= 0.6 is 11.3 Å². The molecule has 0 bridgehead atoms. The number of benzene rings is 1. The van der Waals surface area contributed by atoms with Crippen LogP contribution in [0.5, 0.6) is 0 Å². The maximum Gasteiger partial charge on any atom is 0.337 e. The second-order valence-corrected chi connectivity index (χ2v) is 10.4. The van der Waals surface area contributed by atoms with Gasteiger partial charge in [0.25, 0.3) is 0 Å². The summed E-state index contributed by atoms with van der Waals surface area (Å²) in [6, 6.07) is 6.26. The molecule has 0 aliphatic carbocycles. The van der Waals surface area contributed by atoms with Crippen molar-refractivity contribution < 1.29 is 9.90 Å². The van der Waals surface area contributed by atoms with E-state index in [1.165, 1.54) is 15.9 Å². The van der Waals surface area contributed by atoms with Gasteiger partial charge in [-0.15, -0.1) is 10.2 Å². The molecule has 0 saturated carbocycles. The maximum absolute atomic E-state index is 13.3. The number of hydrogen-bond acceptors (Lipinski definition) is 6. The first-order chi connectivity index (χ1) is 13.9. The Morgan fingerprint density at radius 2 is 1.80 bits per heavy atom. The molecule has 0 fully saturated rings. The molecule has 1 amide bonds. The van der Waals surface area contributed by atoms with Gasteiger partial charge >= 0.3 is 11.7 Å². The molecule has 3 rings (SSSR count). The zero-order chi connectivity index (χ0) is 22.3. The molecule has 1 aromatic carbocycles. The van der Waals surface area contributed by atoms with Gasteiger partial charge in [0.05, 0.1) is 22.7 Å². The molecule has 9 heteroatoms. The van der Waals surface area contributed by atoms with E-state index >= 15 is 0 Å². The second kappa shape index (κ2) is 7.96. The zero-order valence-electron chi connectivity index (χ0n) is 18.3. The van der Waals surface area contributed by atoms with Gasteiger partial charge in [0, 0.05) is 6.54 Å². The van der Waals surface area contributed by atoms with Crippen LogP contribution in [0, 0.1) is 12.3 Å². The summed E-state index contributed by atoms with van der Waals surface area (Å²) < 4.78 is 2.69. The number of carbonyl (C=O) groups is 1. The second-order valence-electron chi connectivity index (χ2n) is 9.23. The minimum absolute atomic E-state index is 0.307. The lowest BCUT2D eigenvalue weighted by molar-refractivity contribution is 0.0663. The highest BCUT2D eigenvalue weighted by molar-refractivity contribution is 7.11. The van der Waals surface area contributed by atoms with E-state index in [4.69, 9.17) is 0 Å². The molecule has 0 radical (unpaired) electrons. The summed E-state index contributed by atoms with van der Waals surface area (Å²) >= 11 is 1.43. The lowest BCUT2D eigenvalue weighted by Crippen LogP contribution is -2.42. The Bertz CT molecular complexity index is 1110. The molecule has 2 aromatic heterocycles. The van der Waals surface area contributed by atoms with Crippen LogP contribution in [0.15, 0.2) is 29.1 Å². The molecule has 162 valence electrons. The van der Waals surface area contributed by atoms with Crippen LogP contribution in [0.2, 0.25) is 0 Å². The molecule has 2 N–H and O–H groups in total. The number of imidazole rings is 1. The zero-order valence-corrected chi connectivity index (χ0v) is 19.1. The van der Waals surface area contributed by atoms with Gasteiger partial charge in [-0.25, -0.2) is 14.2 Å². The average molecular weight is 432 g/mol. The van der Waals surface area contributed by atoms with Gasteiger partial charge < -0.3 is 10.4 Å². The molecule has 0 spiro atoms. The van der Waals surface area contributed by atoms with Gasteiger partial charge in [-0.1, -0.05) is 44.2 Å². The average Bonchev–Trinajstić information content (AvgIpc) is 3.16. The molecule has 8 nitrogen and oxygen atoms in total. The Kier molecular flexibility index (Phi) is 5.88. The number of amides is 1. The molecule has 30 heavy (non-hydrogen) atoms. The Hall–Kier alpha value is -2.52. The number of nitrogens with zero attached hydrogens (tertiary/aromatic N) is 4. The quantitative estimate of drug-likeness (QED) is 0.644. The fourth-order valence-corrected chi connectivity index (χ4v) is 4.27. The molecular formula is C21H29N5O3S. The summed E-state index contributed by atoms with van der Waals surface area (Å²) in [5.74, 6) is 0. The number of para-hydroxylation sites is 2. The third-order valence-electron chi connectivity index (χ3n) is 4.91. The van der Waals surface area contributed by atoms with Crippen LogP contribution in [0.25, 0.3) is 11.0 Å². The first kappa shape index (κ1) is 22.2. The normalized spacial score (nSPS) is 13.6. The molecule has 3 aromatic rings. The fraction of sp³-hybridized carbons (Fsp3) is 0.524. The van der Waals surface area contributed by atoms with Crippen LogP contribution in [0.4, 0.5) is 4.79 Å². The summed E-state index contributed by atoms with van der Waals surface area (Å²) in [4.78, 5) is 26.5. The summed E-state index contributed by atoms with van der Waals surface area (Å²) in [5, 5.41) is 22.9. The number of aryl methyl sites for hydroxylation is 2. The number of hydrogen-bond donors (Lipinski definition) is 2. The van der Waals surface area contributed by atoms with E-state index in [9.17, 15) is 14.7 Å². The Balaban J connectivity index is 2.02.